The molecule has 0 unspecified atom stereocenters. The van der Waals surface area contributed by atoms with Gasteiger partial charge in [0.25, 0.3) is 0 Å². The first-order valence-corrected chi connectivity index (χ1v) is 4.93. The Morgan fingerprint density at radius 3 is 2.60 bits per heavy atom. The molecule has 1 aromatic rings. The minimum atomic E-state index is -0.261. The van der Waals surface area contributed by atoms with Gasteiger partial charge in [-0.05, 0) is 36.6 Å². The summed E-state index contributed by atoms with van der Waals surface area (Å²) < 4.78 is 4.87. The second kappa shape index (κ2) is 4.82. The summed E-state index contributed by atoms with van der Waals surface area (Å²) in [4.78, 5) is 10.6. The average Bonchev–Trinajstić information content (AvgIpc) is 2.13. The molecule has 0 saturated carbocycles. The van der Waals surface area contributed by atoms with Crippen molar-refractivity contribution in [2.75, 3.05) is 6.61 Å². The van der Waals surface area contributed by atoms with Crippen LogP contribution >= 0.6 is 0 Å². The summed E-state index contributed by atoms with van der Waals surface area (Å²) in [5, 5.41) is 9.45. The van der Waals surface area contributed by atoms with Gasteiger partial charge in [0.05, 0.1) is 6.61 Å². The van der Waals surface area contributed by atoms with E-state index in [0.29, 0.717) is 18.8 Å². The molecule has 0 radical (unpaired) electrons. The molecule has 0 saturated heterocycles. The molecule has 1 N–H and O–H groups in total. The number of hydrogen-bond acceptors (Lipinski definition) is 3. The van der Waals surface area contributed by atoms with Gasteiger partial charge in [-0.1, -0.05) is 6.07 Å². The van der Waals surface area contributed by atoms with Crippen LogP contribution in [-0.4, -0.2) is 17.7 Å². The number of esters is 1. The van der Waals surface area contributed by atoms with Crippen molar-refractivity contribution in [2.24, 2.45) is 0 Å². The van der Waals surface area contributed by atoms with Crippen LogP contribution < -0.4 is 0 Å². The molecule has 1 aromatic carbocycles. The second-order valence-corrected chi connectivity index (χ2v) is 3.66. The van der Waals surface area contributed by atoms with Crippen LogP contribution in [0, 0.1) is 13.8 Å². The van der Waals surface area contributed by atoms with Gasteiger partial charge in [0.2, 0.25) is 0 Å². The smallest absolute Gasteiger partial charge is 0.302 e. The highest BCUT2D eigenvalue weighted by Gasteiger charge is 2.04. The molecule has 0 aliphatic carbocycles. The number of ether oxygens (including phenoxy) is 1. The Morgan fingerprint density at radius 2 is 2.00 bits per heavy atom. The fourth-order valence-electron chi connectivity index (χ4n) is 1.43. The molecule has 0 amide bonds. The SMILES string of the molecule is CC(=O)OCCc1cc(C)c(O)cc1C. The van der Waals surface area contributed by atoms with Crippen LogP contribution in [0.15, 0.2) is 12.1 Å². The summed E-state index contributed by atoms with van der Waals surface area (Å²) in [6, 6.07) is 3.66. The Labute approximate surface area is 89.7 Å². The zero-order chi connectivity index (χ0) is 11.4. The minimum Gasteiger partial charge on any atom is -0.508 e. The number of phenolic OH excluding ortho intramolecular Hbond substituents is 1. The summed E-state index contributed by atoms with van der Waals surface area (Å²) >= 11 is 0. The maximum absolute atomic E-state index is 10.6. The number of carbonyl (C=O) groups is 1. The summed E-state index contributed by atoms with van der Waals surface area (Å²) in [6.45, 7) is 5.57. The van der Waals surface area contributed by atoms with Crippen molar-refractivity contribution in [3.63, 3.8) is 0 Å². The summed E-state index contributed by atoms with van der Waals surface area (Å²) in [7, 11) is 0. The molecular formula is C12H16O3. The number of rotatable bonds is 3. The number of aryl methyl sites for hydroxylation is 2. The van der Waals surface area contributed by atoms with Crippen LogP contribution in [0.2, 0.25) is 0 Å². The third-order valence-electron chi connectivity index (χ3n) is 2.33. The molecule has 0 atom stereocenters. The Hall–Kier alpha value is -1.51. The lowest BCUT2D eigenvalue weighted by Gasteiger charge is -2.08. The average molecular weight is 208 g/mol. The monoisotopic (exact) mass is 208 g/mol. The van der Waals surface area contributed by atoms with Crippen molar-refractivity contribution in [1.82, 2.24) is 0 Å². The molecular weight excluding hydrogens is 192 g/mol. The van der Waals surface area contributed by atoms with Crippen molar-refractivity contribution in [3.8, 4) is 5.75 Å². The van der Waals surface area contributed by atoms with E-state index in [1.165, 1.54) is 6.92 Å². The van der Waals surface area contributed by atoms with Crippen molar-refractivity contribution in [1.29, 1.82) is 0 Å². The molecule has 0 fully saturated rings. The predicted molar refractivity (Wildman–Crippen MR) is 57.9 cm³/mol. The quantitative estimate of drug-likeness (QED) is 0.774. The maximum Gasteiger partial charge on any atom is 0.302 e. The molecule has 0 aliphatic rings. The molecule has 82 valence electrons. The van der Waals surface area contributed by atoms with Crippen molar-refractivity contribution < 1.29 is 14.6 Å². The number of phenols is 1. The normalized spacial score (nSPS) is 10.1. The summed E-state index contributed by atoms with van der Waals surface area (Å²) in [5.41, 5.74) is 2.97. The van der Waals surface area contributed by atoms with E-state index in [9.17, 15) is 9.90 Å². The molecule has 15 heavy (non-hydrogen) atoms. The molecule has 1 rings (SSSR count). The van der Waals surface area contributed by atoms with E-state index in [0.717, 1.165) is 16.7 Å². The van der Waals surface area contributed by atoms with Gasteiger partial charge in [-0.25, -0.2) is 0 Å². The van der Waals surface area contributed by atoms with E-state index in [2.05, 4.69) is 0 Å². The van der Waals surface area contributed by atoms with Gasteiger partial charge in [-0.3, -0.25) is 4.79 Å². The van der Waals surface area contributed by atoms with Gasteiger partial charge in [0.1, 0.15) is 5.75 Å². The molecule has 0 bridgehead atoms. The Kier molecular flexibility index (Phi) is 3.72. The predicted octanol–water partition coefficient (Wildman–Crippen LogP) is 2.11. The van der Waals surface area contributed by atoms with E-state index < -0.39 is 0 Å². The topological polar surface area (TPSA) is 46.5 Å². The zero-order valence-electron chi connectivity index (χ0n) is 9.33. The molecule has 3 heteroatoms. The first kappa shape index (κ1) is 11.6. The Morgan fingerprint density at radius 1 is 1.33 bits per heavy atom. The molecule has 0 aromatic heterocycles. The van der Waals surface area contributed by atoms with E-state index in [-0.39, 0.29) is 5.97 Å². The van der Waals surface area contributed by atoms with Crippen molar-refractivity contribution in [3.05, 3.63) is 28.8 Å². The third kappa shape index (κ3) is 3.27. The van der Waals surface area contributed by atoms with Crippen LogP contribution in [0.4, 0.5) is 0 Å². The Bertz CT molecular complexity index is 369. The zero-order valence-corrected chi connectivity index (χ0v) is 9.33. The van der Waals surface area contributed by atoms with Crippen molar-refractivity contribution >= 4 is 5.97 Å². The van der Waals surface area contributed by atoms with Crippen LogP contribution in [0.3, 0.4) is 0 Å². The van der Waals surface area contributed by atoms with Crippen molar-refractivity contribution in [2.45, 2.75) is 27.2 Å². The lowest BCUT2D eigenvalue weighted by atomic mass is 10.0. The first-order valence-electron chi connectivity index (χ1n) is 4.93. The molecule has 3 nitrogen and oxygen atoms in total. The number of hydrogen-bond donors (Lipinski definition) is 1. The fraction of sp³-hybridized carbons (Fsp3) is 0.417. The molecule has 0 spiro atoms. The summed E-state index contributed by atoms with van der Waals surface area (Å²) in [5.74, 6) is 0.0480. The minimum absolute atomic E-state index is 0.261. The maximum atomic E-state index is 10.6. The highest BCUT2D eigenvalue weighted by Crippen LogP contribution is 2.21. The second-order valence-electron chi connectivity index (χ2n) is 3.66. The fourth-order valence-corrected chi connectivity index (χ4v) is 1.43. The molecule has 0 heterocycles. The van der Waals surface area contributed by atoms with Gasteiger partial charge in [0, 0.05) is 13.3 Å². The molecule has 0 aliphatic heterocycles. The van der Waals surface area contributed by atoms with Gasteiger partial charge in [-0.15, -0.1) is 0 Å². The van der Waals surface area contributed by atoms with E-state index in [1.54, 1.807) is 6.07 Å². The first-order chi connectivity index (χ1) is 7.00. The van der Waals surface area contributed by atoms with E-state index >= 15 is 0 Å². The van der Waals surface area contributed by atoms with Crippen LogP contribution in [0.5, 0.6) is 5.75 Å². The Balaban J connectivity index is 2.69. The lowest BCUT2D eigenvalue weighted by molar-refractivity contribution is -0.140. The highest BCUT2D eigenvalue weighted by atomic mass is 16.5. The van der Waals surface area contributed by atoms with Crippen LogP contribution in [0.1, 0.15) is 23.6 Å². The standard InChI is InChI=1S/C12H16O3/c1-8-7-12(14)9(2)6-11(8)4-5-15-10(3)13/h6-7,14H,4-5H2,1-3H3. The van der Waals surface area contributed by atoms with Gasteiger partial charge < -0.3 is 9.84 Å². The van der Waals surface area contributed by atoms with E-state index in [4.69, 9.17) is 4.74 Å². The highest BCUT2D eigenvalue weighted by molar-refractivity contribution is 5.65. The van der Waals surface area contributed by atoms with E-state index in [1.807, 2.05) is 19.9 Å². The lowest BCUT2D eigenvalue weighted by Crippen LogP contribution is -2.04. The summed E-state index contributed by atoms with van der Waals surface area (Å²) in [6.07, 6.45) is 0.687. The number of carbonyl (C=O) groups excluding carboxylic acids is 1. The van der Waals surface area contributed by atoms with Crippen LogP contribution in [0.25, 0.3) is 0 Å². The van der Waals surface area contributed by atoms with Gasteiger partial charge in [-0.2, -0.15) is 0 Å². The van der Waals surface area contributed by atoms with Gasteiger partial charge in [0.15, 0.2) is 0 Å². The third-order valence-corrected chi connectivity index (χ3v) is 2.33. The number of benzene rings is 1. The largest absolute Gasteiger partial charge is 0.508 e. The van der Waals surface area contributed by atoms with Gasteiger partial charge >= 0.3 is 5.97 Å². The van der Waals surface area contributed by atoms with Crippen LogP contribution in [-0.2, 0) is 16.0 Å². The number of aromatic hydroxyl groups is 1.